The van der Waals surface area contributed by atoms with E-state index >= 15 is 0 Å². The van der Waals surface area contributed by atoms with Gasteiger partial charge in [0.15, 0.2) is 0 Å². The first kappa shape index (κ1) is 18.5. The maximum absolute atomic E-state index is 11.0. The summed E-state index contributed by atoms with van der Waals surface area (Å²) >= 11 is 0. The van der Waals surface area contributed by atoms with Crippen molar-refractivity contribution in [2.45, 2.75) is 86.0 Å². The first-order chi connectivity index (χ1) is 8.96. The van der Waals surface area contributed by atoms with Gasteiger partial charge in [-0.05, 0) is 24.2 Å². The van der Waals surface area contributed by atoms with Crippen molar-refractivity contribution >= 4 is 5.97 Å². The number of carbonyl (C=O) groups is 1. The molecule has 2 heteroatoms. The van der Waals surface area contributed by atoms with Crippen molar-refractivity contribution in [3.8, 4) is 0 Å². The number of rotatable bonds is 11. The zero-order valence-corrected chi connectivity index (χ0v) is 13.8. The first-order valence-corrected chi connectivity index (χ1v) is 8.09. The maximum atomic E-state index is 11.0. The minimum atomic E-state index is -0.157. The van der Waals surface area contributed by atoms with Crippen molar-refractivity contribution < 1.29 is 9.53 Å². The summed E-state index contributed by atoms with van der Waals surface area (Å²) in [6.07, 6.45) is 10.3. The molecule has 0 rings (SSSR count). The second-order valence-electron chi connectivity index (χ2n) is 6.27. The molecule has 0 radical (unpaired) electrons. The van der Waals surface area contributed by atoms with Crippen LogP contribution in [0.25, 0.3) is 0 Å². The molecule has 0 aliphatic heterocycles. The minimum Gasteiger partial charge on any atom is -0.466 e. The lowest BCUT2D eigenvalue weighted by molar-refractivity contribution is -0.143. The van der Waals surface area contributed by atoms with Gasteiger partial charge in [-0.2, -0.15) is 0 Å². The highest BCUT2D eigenvalue weighted by Crippen LogP contribution is 2.38. The van der Waals surface area contributed by atoms with Crippen LogP contribution in [0.2, 0.25) is 0 Å². The van der Waals surface area contributed by atoms with E-state index in [-0.39, 0.29) is 5.97 Å². The highest BCUT2D eigenvalue weighted by atomic mass is 16.5. The highest BCUT2D eigenvalue weighted by molar-refractivity contribution is 5.65. The number of esters is 1. The van der Waals surface area contributed by atoms with Crippen LogP contribution in [0.3, 0.4) is 0 Å². The third-order valence-corrected chi connectivity index (χ3v) is 4.43. The molecule has 0 N–H and O–H groups in total. The summed E-state index contributed by atoms with van der Waals surface area (Å²) in [7, 11) is 0. The Balaban J connectivity index is 4.33. The average molecular weight is 270 g/mol. The standard InChI is InChI=1S/C17H34O2/c1-6-8-10-11-13-17(5,12-9-7-2)15(3)14-19-16(4)18/h15H,6-14H2,1-5H3/t15-,17?/m1/s1. The van der Waals surface area contributed by atoms with Gasteiger partial charge in [-0.1, -0.05) is 66.2 Å². The third kappa shape index (κ3) is 8.28. The Morgan fingerprint density at radius 3 is 2.16 bits per heavy atom. The molecule has 19 heavy (non-hydrogen) atoms. The molecule has 0 fully saturated rings. The molecule has 0 aromatic rings. The van der Waals surface area contributed by atoms with Gasteiger partial charge in [0.2, 0.25) is 0 Å². The molecule has 114 valence electrons. The lowest BCUT2D eigenvalue weighted by Crippen LogP contribution is -2.29. The van der Waals surface area contributed by atoms with E-state index < -0.39 is 0 Å². The average Bonchev–Trinajstić information content (AvgIpc) is 2.38. The summed E-state index contributed by atoms with van der Waals surface area (Å²) in [6, 6.07) is 0. The molecule has 0 saturated heterocycles. The number of hydrogen-bond acceptors (Lipinski definition) is 2. The summed E-state index contributed by atoms with van der Waals surface area (Å²) in [5, 5.41) is 0. The van der Waals surface area contributed by atoms with Gasteiger partial charge in [0.05, 0.1) is 6.61 Å². The number of ether oxygens (including phenoxy) is 1. The highest BCUT2D eigenvalue weighted by Gasteiger charge is 2.30. The fourth-order valence-corrected chi connectivity index (χ4v) is 2.60. The molecule has 0 aliphatic carbocycles. The third-order valence-electron chi connectivity index (χ3n) is 4.43. The van der Waals surface area contributed by atoms with Crippen LogP contribution < -0.4 is 0 Å². The van der Waals surface area contributed by atoms with Crippen molar-refractivity contribution in [2.75, 3.05) is 6.61 Å². The maximum Gasteiger partial charge on any atom is 0.302 e. The van der Waals surface area contributed by atoms with Crippen molar-refractivity contribution in [3.63, 3.8) is 0 Å². The van der Waals surface area contributed by atoms with E-state index in [1.54, 1.807) is 0 Å². The monoisotopic (exact) mass is 270 g/mol. The van der Waals surface area contributed by atoms with Crippen LogP contribution in [0.4, 0.5) is 0 Å². The van der Waals surface area contributed by atoms with Crippen molar-refractivity contribution in [1.29, 1.82) is 0 Å². The smallest absolute Gasteiger partial charge is 0.302 e. The van der Waals surface area contributed by atoms with Gasteiger partial charge >= 0.3 is 5.97 Å². The van der Waals surface area contributed by atoms with Gasteiger partial charge in [-0.15, -0.1) is 0 Å². The summed E-state index contributed by atoms with van der Waals surface area (Å²) in [4.78, 5) is 11.0. The van der Waals surface area contributed by atoms with Gasteiger partial charge in [0.25, 0.3) is 0 Å². The van der Waals surface area contributed by atoms with E-state index in [1.807, 2.05) is 0 Å². The first-order valence-electron chi connectivity index (χ1n) is 8.09. The quantitative estimate of drug-likeness (QED) is 0.373. The molecule has 0 amide bonds. The van der Waals surface area contributed by atoms with Crippen LogP contribution in [-0.4, -0.2) is 12.6 Å². The Bertz CT molecular complexity index is 237. The van der Waals surface area contributed by atoms with Gasteiger partial charge in [0, 0.05) is 6.92 Å². The summed E-state index contributed by atoms with van der Waals surface area (Å²) in [6.45, 7) is 11.2. The lowest BCUT2D eigenvalue weighted by atomic mass is 9.71. The molecule has 0 aromatic heterocycles. The van der Waals surface area contributed by atoms with Crippen molar-refractivity contribution in [1.82, 2.24) is 0 Å². The van der Waals surface area contributed by atoms with Crippen LogP contribution in [0.1, 0.15) is 86.0 Å². The Labute approximate surface area is 120 Å². The van der Waals surface area contributed by atoms with Crippen LogP contribution in [0.15, 0.2) is 0 Å². The Hall–Kier alpha value is -0.530. The SMILES string of the molecule is CCCCCCC(C)(CCCC)[C@H](C)COC(C)=O. The van der Waals surface area contributed by atoms with Crippen LogP contribution in [-0.2, 0) is 9.53 Å². The molecule has 0 aromatic carbocycles. The lowest BCUT2D eigenvalue weighted by Gasteiger charge is -2.36. The van der Waals surface area contributed by atoms with E-state index in [1.165, 1.54) is 58.3 Å². The molecule has 0 spiro atoms. The van der Waals surface area contributed by atoms with Crippen molar-refractivity contribution in [2.24, 2.45) is 11.3 Å². The molecule has 0 bridgehead atoms. The predicted molar refractivity (Wildman–Crippen MR) is 82.2 cm³/mol. The number of unbranched alkanes of at least 4 members (excludes halogenated alkanes) is 4. The summed E-state index contributed by atoms with van der Waals surface area (Å²) in [5.41, 5.74) is 0.319. The Morgan fingerprint density at radius 1 is 1.05 bits per heavy atom. The second-order valence-corrected chi connectivity index (χ2v) is 6.27. The molecular weight excluding hydrogens is 236 g/mol. The number of carbonyl (C=O) groups excluding carboxylic acids is 1. The Morgan fingerprint density at radius 2 is 1.63 bits per heavy atom. The van der Waals surface area contributed by atoms with Gasteiger partial charge in [0.1, 0.15) is 0 Å². The predicted octanol–water partition coefficient (Wildman–Crippen LogP) is 5.35. The van der Waals surface area contributed by atoms with E-state index in [4.69, 9.17) is 4.74 Å². The van der Waals surface area contributed by atoms with Gasteiger partial charge < -0.3 is 4.74 Å². The molecule has 0 heterocycles. The summed E-state index contributed by atoms with van der Waals surface area (Å²) in [5.74, 6) is 0.292. The van der Waals surface area contributed by atoms with E-state index in [9.17, 15) is 4.79 Å². The fraction of sp³-hybridized carbons (Fsp3) is 0.941. The molecule has 0 saturated carbocycles. The second kappa shape index (κ2) is 10.3. The van der Waals surface area contributed by atoms with E-state index in [2.05, 4.69) is 27.7 Å². The van der Waals surface area contributed by atoms with Crippen LogP contribution in [0.5, 0.6) is 0 Å². The van der Waals surface area contributed by atoms with Crippen LogP contribution >= 0.6 is 0 Å². The molecule has 2 atom stereocenters. The molecule has 2 nitrogen and oxygen atoms in total. The summed E-state index contributed by atoms with van der Waals surface area (Å²) < 4.78 is 5.22. The zero-order chi connectivity index (χ0) is 14.7. The zero-order valence-electron chi connectivity index (χ0n) is 13.8. The topological polar surface area (TPSA) is 26.3 Å². The van der Waals surface area contributed by atoms with Gasteiger partial charge in [-0.3, -0.25) is 4.79 Å². The molecular formula is C17H34O2. The van der Waals surface area contributed by atoms with Gasteiger partial charge in [-0.25, -0.2) is 0 Å². The largest absolute Gasteiger partial charge is 0.466 e. The minimum absolute atomic E-state index is 0.157. The normalized spacial score (nSPS) is 15.8. The van der Waals surface area contributed by atoms with E-state index in [0.29, 0.717) is 17.9 Å². The fourth-order valence-electron chi connectivity index (χ4n) is 2.60. The Kier molecular flexibility index (Phi) is 9.99. The molecule has 1 unspecified atom stereocenters. The van der Waals surface area contributed by atoms with E-state index in [0.717, 1.165) is 0 Å². The number of hydrogen-bond donors (Lipinski definition) is 0. The van der Waals surface area contributed by atoms with Crippen LogP contribution in [0, 0.1) is 11.3 Å². The van der Waals surface area contributed by atoms with Crippen molar-refractivity contribution in [3.05, 3.63) is 0 Å². The molecule has 0 aliphatic rings.